The van der Waals surface area contributed by atoms with Crippen LogP contribution in [0.3, 0.4) is 0 Å². The number of rotatable bonds is 3. The number of nitrogens with zero attached hydrogens (tertiary/aromatic N) is 1. The van der Waals surface area contributed by atoms with Crippen LogP contribution in [0, 0.1) is 13.8 Å². The van der Waals surface area contributed by atoms with Crippen molar-refractivity contribution < 1.29 is 0 Å². The Morgan fingerprint density at radius 2 is 1.60 bits per heavy atom. The van der Waals surface area contributed by atoms with Gasteiger partial charge in [-0.15, -0.1) is 0 Å². The van der Waals surface area contributed by atoms with Crippen LogP contribution in [-0.2, 0) is 0 Å². The van der Waals surface area contributed by atoms with Crippen LogP contribution in [0.15, 0.2) is 6.07 Å². The quantitative estimate of drug-likeness (QED) is 0.715. The summed E-state index contributed by atoms with van der Waals surface area (Å²) in [6.45, 7) is 13.2. The number of hydrogen-bond acceptors (Lipinski definition) is 1. The SMILES string of the molecule is CCC(C)c1cc(C(C)C)c(C)nc1C. The predicted molar refractivity (Wildman–Crippen MR) is 66.5 cm³/mol. The fourth-order valence-electron chi connectivity index (χ4n) is 2.06. The van der Waals surface area contributed by atoms with Crippen LogP contribution in [0.1, 0.15) is 68.5 Å². The molecule has 0 aliphatic carbocycles. The highest BCUT2D eigenvalue weighted by atomic mass is 14.7. The molecule has 0 spiro atoms. The maximum atomic E-state index is 4.66. The molecule has 0 aliphatic heterocycles. The lowest BCUT2D eigenvalue weighted by Crippen LogP contribution is -2.04. The smallest absolute Gasteiger partial charge is 0.0410 e. The molecular formula is C14H23N. The maximum Gasteiger partial charge on any atom is 0.0410 e. The molecule has 1 nitrogen and oxygen atoms in total. The lowest BCUT2D eigenvalue weighted by molar-refractivity contribution is 0.712. The van der Waals surface area contributed by atoms with E-state index < -0.39 is 0 Å². The van der Waals surface area contributed by atoms with Gasteiger partial charge in [0.25, 0.3) is 0 Å². The van der Waals surface area contributed by atoms with Gasteiger partial charge in [0.15, 0.2) is 0 Å². The minimum absolute atomic E-state index is 0.570. The molecule has 1 rings (SSSR count). The summed E-state index contributed by atoms with van der Waals surface area (Å²) < 4.78 is 0. The van der Waals surface area contributed by atoms with E-state index in [2.05, 4.69) is 52.6 Å². The Hall–Kier alpha value is -0.850. The van der Waals surface area contributed by atoms with Crippen molar-refractivity contribution in [2.75, 3.05) is 0 Å². The predicted octanol–water partition coefficient (Wildman–Crippen LogP) is 4.34. The summed E-state index contributed by atoms with van der Waals surface area (Å²) in [6, 6.07) is 2.36. The van der Waals surface area contributed by atoms with Gasteiger partial charge in [-0.05, 0) is 43.2 Å². The molecule has 0 radical (unpaired) electrons. The molecule has 0 bridgehead atoms. The highest BCUT2D eigenvalue weighted by Gasteiger charge is 2.12. The first-order valence-corrected chi connectivity index (χ1v) is 5.95. The third-order valence-corrected chi connectivity index (χ3v) is 3.25. The highest BCUT2D eigenvalue weighted by Crippen LogP contribution is 2.26. The summed E-state index contributed by atoms with van der Waals surface area (Å²) in [4.78, 5) is 4.66. The summed E-state index contributed by atoms with van der Waals surface area (Å²) in [5, 5.41) is 0. The van der Waals surface area contributed by atoms with Gasteiger partial charge in [-0.2, -0.15) is 0 Å². The summed E-state index contributed by atoms with van der Waals surface area (Å²) >= 11 is 0. The largest absolute Gasteiger partial charge is 0.258 e. The van der Waals surface area contributed by atoms with Crippen LogP contribution in [0.25, 0.3) is 0 Å². The van der Waals surface area contributed by atoms with Crippen LogP contribution in [-0.4, -0.2) is 4.98 Å². The molecular weight excluding hydrogens is 182 g/mol. The molecule has 0 aromatic carbocycles. The third-order valence-electron chi connectivity index (χ3n) is 3.25. The number of pyridine rings is 1. The van der Waals surface area contributed by atoms with E-state index in [0.29, 0.717) is 11.8 Å². The Kier molecular flexibility index (Phi) is 3.90. The number of aromatic nitrogens is 1. The van der Waals surface area contributed by atoms with Gasteiger partial charge in [0.1, 0.15) is 0 Å². The molecule has 1 heterocycles. The first kappa shape index (κ1) is 12.2. The highest BCUT2D eigenvalue weighted by molar-refractivity contribution is 5.33. The van der Waals surface area contributed by atoms with Crippen molar-refractivity contribution >= 4 is 0 Å². The zero-order chi connectivity index (χ0) is 11.6. The zero-order valence-electron chi connectivity index (χ0n) is 10.9. The molecule has 0 saturated heterocycles. The topological polar surface area (TPSA) is 12.9 Å². The monoisotopic (exact) mass is 205 g/mol. The fourth-order valence-corrected chi connectivity index (χ4v) is 2.06. The van der Waals surface area contributed by atoms with E-state index in [-0.39, 0.29) is 0 Å². The van der Waals surface area contributed by atoms with Crippen molar-refractivity contribution in [1.82, 2.24) is 4.98 Å². The fraction of sp³-hybridized carbons (Fsp3) is 0.643. The third kappa shape index (κ3) is 2.58. The van der Waals surface area contributed by atoms with Crippen molar-refractivity contribution in [3.8, 4) is 0 Å². The van der Waals surface area contributed by atoms with E-state index in [1.54, 1.807) is 0 Å². The molecule has 0 aliphatic rings. The molecule has 1 aromatic heterocycles. The van der Waals surface area contributed by atoms with Gasteiger partial charge in [0.05, 0.1) is 0 Å². The maximum absolute atomic E-state index is 4.66. The van der Waals surface area contributed by atoms with Crippen molar-refractivity contribution in [3.05, 3.63) is 28.6 Å². The molecule has 1 atom stereocenters. The van der Waals surface area contributed by atoms with Gasteiger partial charge in [-0.1, -0.05) is 33.8 Å². The van der Waals surface area contributed by atoms with E-state index in [9.17, 15) is 0 Å². The van der Waals surface area contributed by atoms with Crippen molar-refractivity contribution in [2.24, 2.45) is 0 Å². The van der Waals surface area contributed by atoms with Gasteiger partial charge in [0, 0.05) is 11.4 Å². The average Bonchev–Trinajstić information content (AvgIpc) is 2.16. The summed E-state index contributed by atoms with van der Waals surface area (Å²) in [5.74, 6) is 1.19. The van der Waals surface area contributed by atoms with Crippen LogP contribution in [0.4, 0.5) is 0 Å². The van der Waals surface area contributed by atoms with Crippen molar-refractivity contribution in [1.29, 1.82) is 0 Å². The molecule has 0 N–H and O–H groups in total. The molecule has 84 valence electrons. The van der Waals surface area contributed by atoms with E-state index in [4.69, 9.17) is 0 Å². The van der Waals surface area contributed by atoms with E-state index in [1.165, 1.54) is 28.9 Å². The van der Waals surface area contributed by atoms with E-state index >= 15 is 0 Å². The Morgan fingerprint density at radius 1 is 1.07 bits per heavy atom. The molecule has 15 heavy (non-hydrogen) atoms. The summed E-state index contributed by atoms with van der Waals surface area (Å²) in [7, 11) is 0. The normalized spacial score (nSPS) is 13.3. The summed E-state index contributed by atoms with van der Waals surface area (Å²) in [5.41, 5.74) is 5.21. The second kappa shape index (κ2) is 4.78. The molecule has 0 saturated carbocycles. The van der Waals surface area contributed by atoms with Gasteiger partial charge >= 0.3 is 0 Å². The molecule has 0 fully saturated rings. The second-order valence-electron chi connectivity index (χ2n) is 4.80. The summed E-state index contributed by atoms with van der Waals surface area (Å²) in [6.07, 6.45) is 1.18. The van der Waals surface area contributed by atoms with Gasteiger partial charge in [0.2, 0.25) is 0 Å². The van der Waals surface area contributed by atoms with Crippen molar-refractivity contribution in [3.63, 3.8) is 0 Å². The Morgan fingerprint density at radius 3 is 2.07 bits per heavy atom. The van der Waals surface area contributed by atoms with Crippen LogP contribution in [0.2, 0.25) is 0 Å². The average molecular weight is 205 g/mol. The minimum atomic E-state index is 0.570. The molecule has 1 aromatic rings. The van der Waals surface area contributed by atoms with Crippen LogP contribution in [0.5, 0.6) is 0 Å². The van der Waals surface area contributed by atoms with Crippen LogP contribution >= 0.6 is 0 Å². The molecule has 1 heteroatoms. The first-order chi connectivity index (χ1) is 6.97. The van der Waals surface area contributed by atoms with E-state index in [0.717, 1.165) is 0 Å². The van der Waals surface area contributed by atoms with Gasteiger partial charge < -0.3 is 0 Å². The van der Waals surface area contributed by atoms with Gasteiger partial charge in [-0.25, -0.2) is 0 Å². The lowest BCUT2D eigenvalue weighted by atomic mass is 9.92. The minimum Gasteiger partial charge on any atom is -0.258 e. The van der Waals surface area contributed by atoms with Gasteiger partial charge in [-0.3, -0.25) is 4.98 Å². The molecule has 0 amide bonds. The van der Waals surface area contributed by atoms with E-state index in [1.807, 2.05) is 0 Å². The Labute approximate surface area is 93.9 Å². The lowest BCUT2D eigenvalue weighted by Gasteiger charge is -2.17. The number of hydrogen-bond donors (Lipinski definition) is 0. The number of aryl methyl sites for hydroxylation is 2. The van der Waals surface area contributed by atoms with Crippen LogP contribution < -0.4 is 0 Å². The zero-order valence-corrected chi connectivity index (χ0v) is 10.9. The first-order valence-electron chi connectivity index (χ1n) is 5.95. The van der Waals surface area contributed by atoms with Crippen molar-refractivity contribution in [2.45, 2.75) is 59.8 Å². The Balaban J connectivity index is 3.23. The second-order valence-corrected chi connectivity index (χ2v) is 4.80. The Bertz CT molecular complexity index is 339. The standard InChI is InChI=1S/C14H23N/c1-7-10(4)14-8-13(9(2)3)11(5)15-12(14)6/h8-10H,7H2,1-6H3. The molecule has 1 unspecified atom stereocenters.